The molecule has 0 aromatic carbocycles. The molecule has 0 bridgehead atoms. The van der Waals surface area contributed by atoms with Crippen LogP contribution in [-0.4, -0.2) is 269 Å². The van der Waals surface area contributed by atoms with Crippen molar-refractivity contribution in [3.05, 3.63) is 75.9 Å². The van der Waals surface area contributed by atoms with E-state index in [-0.39, 0.29) is 121 Å². The minimum Gasteiger partial charge on any atom is -0.390 e. The maximum Gasteiger partial charge on any atom is 0.472 e. The third-order valence-corrected chi connectivity index (χ3v) is 26.6. The van der Waals surface area contributed by atoms with Gasteiger partial charge < -0.3 is 102 Å². The van der Waals surface area contributed by atoms with Crippen molar-refractivity contribution in [2.45, 2.75) is 149 Å². The Morgan fingerprint density at radius 3 is 0.661 bits per heavy atom. The number of phosphoric acid groups is 6. The summed E-state index contributed by atoms with van der Waals surface area (Å²) in [5, 5.41) is 11.1. The van der Waals surface area contributed by atoms with Crippen LogP contribution < -0.4 is 34.4 Å². The summed E-state index contributed by atoms with van der Waals surface area (Å²) in [6, 6.07) is 0. The van der Waals surface area contributed by atoms with Crippen LogP contribution in [0.5, 0.6) is 0 Å². The van der Waals surface area contributed by atoms with Crippen molar-refractivity contribution in [3.8, 4) is 0 Å². The molecule has 6 saturated heterocycles. The third-order valence-electron chi connectivity index (χ3n) is 21.1. The average Bonchev–Trinajstić information content (AvgIpc) is 1.65. The fourth-order valence-corrected chi connectivity index (χ4v) is 20.3. The highest BCUT2D eigenvalue weighted by molar-refractivity contribution is 7.48. The summed E-state index contributed by atoms with van der Waals surface area (Å²) in [5.41, 5.74) is 38.1. The molecule has 0 amide bonds. The van der Waals surface area contributed by atoms with Crippen LogP contribution in [0.25, 0.3) is 67.0 Å². The van der Waals surface area contributed by atoms with E-state index >= 15 is 0 Å². The van der Waals surface area contributed by atoms with E-state index < -0.39 is 216 Å². The van der Waals surface area contributed by atoms with Crippen LogP contribution in [0.15, 0.2) is 75.9 Å². The van der Waals surface area contributed by atoms with E-state index in [1.807, 2.05) is 0 Å². The number of anilines is 6. The Kier molecular flexibility index (Phi) is 24.1. The van der Waals surface area contributed by atoms with Crippen LogP contribution in [0.4, 0.5) is 34.9 Å². The zero-order valence-electron chi connectivity index (χ0n) is 64.7. The molecule has 127 heavy (non-hydrogen) atoms. The van der Waals surface area contributed by atoms with Crippen LogP contribution in [0.2, 0.25) is 0 Å². The van der Waals surface area contributed by atoms with Crippen molar-refractivity contribution in [1.82, 2.24) is 117 Å². The number of nitrogens with zero attached hydrogens (tertiary/aromatic N) is 24. The van der Waals surface area contributed by atoms with Crippen molar-refractivity contribution in [1.29, 1.82) is 0 Å². The monoisotopic (exact) mass is 1900 g/mol. The van der Waals surface area contributed by atoms with Gasteiger partial charge in [-0.1, -0.05) is 0 Å². The van der Waals surface area contributed by atoms with Gasteiger partial charge in [-0.2, -0.15) is 0 Å². The second-order valence-corrected chi connectivity index (χ2v) is 37.4. The van der Waals surface area contributed by atoms with Gasteiger partial charge >= 0.3 is 46.9 Å². The zero-order chi connectivity index (χ0) is 89.0. The number of nitrogen functional groups attached to an aromatic ring is 6. The first-order chi connectivity index (χ1) is 60.5. The second-order valence-electron chi connectivity index (χ2n) is 29.1. The van der Waals surface area contributed by atoms with Crippen molar-refractivity contribution in [2.24, 2.45) is 0 Å². The molecular formula is C60H74N30O31P6. The fraction of sp³-hybridized carbons (Fsp3) is 0.500. The highest BCUT2D eigenvalue weighted by Crippen LogP contribution is 2.57. The molecule has 6 fully saturated rings. The van der Waals surface area contributed by atoms with Gasteiger partial charge in [0.05, 0.1) is 83.7 Å². The number of phosphoric ester groups is 6. The third kappa shape index (κ3) is 18.7. The molecule has 0 spiro atoms. The zero-order valence-corrected chi connectivity index (χ0v) is 70.0. The van der Waals surface area contributed by atoms with Crippen molar-refractivity contribution >= 4 is 149 Å². The standard InChI is InChI=1S/C60H74N30O31P6/c61-49-43-55(73-13-67-49)85(19-79-43)37-1-25(91)31(111-37)7-106-123(95,96)118-27-3-39(87-21-81-45-51(63)69-15-75-57(45)87)113-33(27)9-108-125(99,100)120-29-5-41(89-23-83-47-53(65)71-17-77-59(47)89)115-35(29)11-110-127(103,104)121-30-6-42(90-24-84-48-54(66)72-18-78-60(48)90)116-36(30)12-109-126(101,102)119-28-4-40(88-22-82-46-52(64)70-16-76-58(46)88)114-34(28)10-107-124(97,98)117-26-2-38(112-32(26)8-105-122(92,93)94)86-20-80-44-50(62)68-14-74-56(44)86/h13-42,91H,1-12H2,(H,95,96)(H,97,98)(H,99,100)(H,101,102)(H,103,104)(H2,61,67,73)(H2,62,68,74)(H2,63,69,75)(H2,64,70,76)(H2,65,71,77)(H2,66,72,78)(H2,92,93,94)/t25-,26-,27-,28-,29-,30-,31+,32+,33+,34+,35+,36+,37+,38+,39+,40+,41+,42+/m0/s1. The lowest BCUT2D eigenvalue weighted by atomic mass is 10.2. The van der Waals surface area contributed by atoms with Gasteiger partial charge in [-0.05, 0) is 0 Å². The van der Waals surface area contributed by atoms with E-state index in [1.54, 1.807) is 0 Å². The highest BCUT2D eigenvalue weighted by atomic mass is 31.2. The van der Waals surface area contributed by atoms with Gasteiger partial charge in [0.25, 0.3) is 0 Å². The number of aromatic nitrogens is 24. The number of rotatable bonds is 34. The molecule has 61 nitrogen and oxygen atoms in total. The Morgan fingerprint density at radius 1 is 0.276 bits per heavy atom. The molecule has 20 N–H and O–H groups in total. The smallest absolute Gasteiger partial charge is 0.390 e. The molecule has 12 aromatic heterocycles. The van der Waals surface area contributed by atoms with Crippen LogP contribution in [0.3, 0.4) is 0 Å². The van der Waals surface area contributed by atoms with Crippen LogP contribution >= 0.6 is 46.9 Å². The van der Waals surface area contributed by atoms with Gasteiger partial charge in [-0.25, -0.2) is 117 Å². The summed E-state index contributed by atoms with van der Waals surface area (Å²) in [6.45, 7) is -5.62. The molecule has 23 atom stereocenters. The van der Waals surface area contributed by atoms with E-state index in [1.165, 1.54) is 71.7 Å². The largest absolute Gasteiger partial charge is 0.472 e. The molecule has 0 saturated carbocycles. The quantitative estimate of drug-likeness (QED) is 0.0240. The van der Waals surface area contributed by atoms with Crippen molar-refractivity contribution in [3.63, 3.8) is 0 Å². The Balaban J connectivity index is 0.563. The topological polar surface area (TPSA) is 839 Å². The molecule has 67 heteroatoms. The summed E-state index contributed by atoms with van der Waals surface area (Å²) >= 11 is 0. The molecule has 0 aliphatic carbocycles. The fourth-order valence-electron chi connectivity index (χ4n) is 15.2. The van der Waals surface area contributed by atoms with E-state index in [2.05, 4.69) is 89.7 Å². The maximum absolute atomic E-state index is 14.7. The van der Waals surface area contributed by atoms with Crippen LogP contribution in [0.1, 0.15) is 75.9 Å². The molecule has 6 aliphatic rings. The van der Waals surface area contributed by atoms with E-state index in [0.717, 1.165) is 31.6 Å². The normalized spacial score (nSPS) is 29.0. The number of hydrogen-bond acceptors (Lipinski definition) is 48. The Labute approximate surface area is 707 Å². The Hall–Kier alpha value is -9.52. The summed E-state index contributed by atoms with van der Waals surface area (Å²) in [4.78, 5) is 152. The number of fused-ring (bicyclic) bond motifs is 6. The summed E-state index contributed by atoms with van der Waals surface area (Å²) in [6.07, 6.45) is -13.0. The molecule has 680 valence electrons. The first-order valence-corrected chi connectivity index (χ1v) is 46.7. The minimum absolute atomic E-state index is 0.00648. The van der Waals surface area contributed by atoms with E-state index in [9.17, 15) is 66.8 Å². The lowest BCUT2D eigenvalue weighted by molar-refractivity contribution is -0.0638. The minimum atomic E-state index is -5.57. The molecule has 6 aliphatic heterocycles. The van der Waals surface area contributed by atoms with Crippen LogP contribution in [-0.2, 0) is 106 Å². The molecular weight excluding hydrogens is 1820 g/mol. The predicted molar refractivity (Wildman–Crippen MR) is 417 cm³/mol. The summed E-state index contributed by atoms with van der Waals surface area (Å²) in [7, 11) is -32.4. The first kappa shape index (κ1) is 88.1. The lowest BCUT2D eigenvalue weighted by Gasteiger charge is -2.26. The summed E-state index contributed by atoms with van der Waals surface area (Å²) < 4.78 is 190. The van der Waals surface area contributed by atoms with Gasteiger partial charge in [-0.15, -0.1) is 0 Å². The average molecular weight is 1900 g/mol. The molecule has 18 heterocycles. The van der Waals surface area contributed by atoms with Gasteiger partial charge in [0.15, 0.2) is 68.8 Å². The second kappa shape index (κ2) is 34.7. The van der Waals surface area contributed by atoms with Gasteiger partial charge in [0.2, 0.25) is 0 Å². The molecule has 12 aromatic rings. The van der Waals surface area contributed by atoms with Crippen molar-refractivity contribution < 1.29 is 145 Å². The maximum atomic E-state index is 14.7. The first-order valence-electron chi connectivity index (χ1n) is 37.7. The van der Waals surface area contributed by atoms with Crippen molar-refractivity contribution in [2.75, 3.05) is 74.0 Å². The predicted octanol–water partition coefficient (Wildman–Crippen LogP) is 0.225. The van der Waals surface area contributed by atoms with Gasteiger partial charge in [-0.3, -0.25) is 77.2 Å². The van der Waals surface area contributed by atoms with E-state index in [4.69, 9.17) is 113 Å². The van der Waals surface area contributed by atoms with Crippen LogP contribution in [0, 0.1) is 0 Å². The Bertz CT molecular complexity index is 6430. The van der Waals surface area contributed by atoms with Gasteiger partial charge in [0.1, 0.15) is 176 Å². The highest BCUT2D eigenvalue weighted by Gasteiger charge is 2.52. The molecule has 5 unspecified atom stereocenters. The molecule has 0 radical (unpaired) electrons. The van der Waals surface area contributed by atoms with Gasteiger partial charge in [0, 0.05) is 38.5 Å². The van der Waals surface area contributed by atoms with E-state index in [0.29, 0.717) is 0 Å². The number of hydrogen-bond donors (Lipinski definition) is 14. The lowest BCUT2D eigenvalue weighted by Crippen LogP contribution is -2.32. The number of imidazole rings is 6. The number of ether oxygens (including phenoxy) is 6. The Morgan fingerprint density at radius 2 is 0.457 bits per heavy atom. The number of nitrogens with two attached hydrogens (primary N) is 6. The number of aliphatic hydroxyl groups is 1. The molecule has 18 rings (SSSR count). The summed E-state index contributed by atoms with van der Waals surface area (Å²) in [5.74, 6) is -0.105. The number of aliphatic hydroxyl groups excluding tert-OH is 1. The SMILES string of the molecule is Nc1ncnc2c1ncn2[C@H]1C[C@H](OP(=O)(O)OC[C@H]2O[C@@H](n3cnc4c(N)ncnc43)C[C@@H]2OP(=O)(O)OC[C@H]2O[C@@H](n3cnc4c(N)ncnc43)C[C@@H]2OP(=O)(O)OC[C@H]2O[C@@H](n3cnc4c(N)ncnc43)C[C@@H]2OP(=O)(O)OC[C@H]2O[C@@H](n3cnc4c(N)ncnc43)C[C@@H]2OP(=O)(O)OC[C@H]2O[C@@H](n3cnc4c(N)ncnc43)C[C@@H]2O)[C@@H](COP(=O)(O)O)O1.